The summed E-state index contributed by atoms with van der Waals surface area (Å²) in [6.45, 7) is -0.460. The number of halogens is 1. The van der Waals surface area contributed by atoms with Crippen LogP contribution in [0.2, 0.25) is 5.02 Å². The number of nitrogens with one attached hydrogen (secondary N) is 2. The maximum Gasteiger partial charge on any atom is 0.337 e. The fraction of sp³-hybridized carbons (Fsp3) is 0.167. The number of amides is 2. The first-order valence-electron chi connectivity index (χ1n) is 7.61. The molecule has 136 valence electrons. The lowest BCUT2D eigenvalue weighted by Crippen LogP contribution is -2.35. The zero-order valence-corrected chi connectivity index (χ0v) is 14.7. The molecule has 26 heavy (non-hydrogen) atoms. The summed E-state index contributed by atoms with van der Waals surface area (Å²) >= 11 is 5.76. The van der Waals surface area contributed by atoms with E-state index in [4.69, 9.17) is 16.3 Å². The first-order chi connectivity index (χ1) is 12.5. The van der Waals surface area contributed by atoms with Gasteiger partial charge in [0.2, 0.25) is 5.91 Å². The molecule has 2 N–H and O–H groups in total. The standard InChI is InChI=1S/C18H17ClN2O5/c1-25-18(24)12-3-2-4-14(9-12)21-16(22)10-20-17(23)11-26-15-7-5-13(19)6-8-15/h2-9H,10-11H2,1H3,(H,20,23)(H,21,22). The number of carbonyl (C=O) groups is 3. The molecule has 0 aliphatic heterocycles. The monoisotopic (exact) mass is 376 g/mol. The SMILES string of the molecule is COC(=O)c1cccc(NC(=O)CNC(=O)COc2ccc(Cl)cc2)c1. The minimum Gasteiger partial charge on any atom is -0.484 e. The van der Waals surface area contributed by atoms with Crippen LogP contribution in [0, 0.1) is 0 Å². The molecule has 0 aliphatic carbocycles. The summed E-state index contributed by atoms with van der Waals surface area (Å²) < 4.78 is 9.89. The highest BCUT2D eigenvalue weighted by Crippen LogP contribution is 2.15. The van der Waals surface area contributed by atoms with Crippen molar-refractivity contribution in [2.45, 2.75) is 0 Å². The average Bonchev–Trinajstić information content (AvgIpc) is 2.65. The second-order valence-electron chi connectivity index (χ2n) is 5.14. The molecule has 0 saturated carbocycles. The maximum absolute atomic E-state index is 11.9. The number of esters is 1. The van der Waals surface area contributed by atoms with E-state index in [0.29, 0.717) is 22.0 Å². The summed E-state index contributed by atoms with van der Waals surface area (Å²) in [5.74, 6) is -0.896. The summed E-state index contributed by atoms with van der Waals surface area (Å²) in [5, 5.41) is 5.58. The van der Waals surface area contributed by atoms with Gasteiger partial charge in [0.15, 0.2) is 6.61 Å². The van der Waals surface area contributed by atoms with Gasteiger partial charge in [-0.2, -0.15) is 0 Å². The van der Waals surface area contributed by atoms with Crippen LogP contribution in [-0.4, -0.2) is 38.0 Å². The second kappa shape index (κ2) is 9.43. The van der Waals surface area contributed by atoms with Gasteiger partial charge < -0.3 is 20.1 Å². The van der Waals surface area contributed by atoms with Gasteiger partial charge >= 0.3 is 5.97 Å². The molecule has 2 aromatic carbocycles. The van der Waals surface area contributed by atoms with E-state index in [-0.39, 0.29) is 13.2 Å². The highest BCUT2D eigenvalue weighted by molar-refractivity contribution is 6.30. The quantitative estimate of drug-likeness (QED) is 0.723. The molecule has 0 bridgehead atoms. The average molecular weight is 377 g/mol. The fourth-order valence-corrected chi connectivity index (χ4v) is 2.08. The van der Waals surface area contributed by atoms with Crippen LogP contribution in [0.3, 0.4) is 0 Å². The van der Waals surface area contributed by atoms with Crippen molar-refractivity contribution < 1.29 is 23.9 Å². The van der Waals surface area contributed by atoms with Gasteiger partial charge in [-0.1, -0.05) is 17.7 Å². The van der Waals surface area contributed by atoms with Gasteiger partial charge in [0.25, 0.3) is 5.91 Å². The predicted molar refractivity (Wildman–Crippen MR) is 96.4 cm³/mol. The minimum absolute atomic E-state index is 0.229. The number of carbonyl (C=O) groups excluding carboxylic acids is 3. The lowest BCUT2D eigenvalue weighted by molar-refractivity contribution is -0.125. The van der Waals surface area contributed by atoms with Crippen molar-refractivity contribution in [2.24, 2.45) is 0 Å². The first-order valence-corrected chi connectivity index (χ1v) is 7.99. The largest absolute Gasteiger partial charge is 0.484 e. The van der Waals surface area contributed by atoms with Crippen LogP contribution in [0.1, 0.15) is 10.4 Å². The molecule has 2 aromatic rings. The van der Waals surface area contributed by atoms with Crippen molar-refractivity contribution in [1.29, 1.82) is 0 Å². The summed E-state index contributed by atoms with van der Waals surface area (Å²) in [6.07, 6.45) is 0. The van der Waals surface area contributed by atoms with E-state index in [1.807, 2.05) is 0 Å². The number of hydrogen-bond donors (Lipinski definition) is 2. The van der Waals surface area contributed by atoms with Crippen LogP contribution in [0.4, 0.5) is 5.69 Å². The molecule has 0 aromatic heterocycles. The van der Waals surface area contributed by atoms with Crippen LogP contribution in [0.5, 0.6) is 5.75 Å². The van der Waals surface area contributed by atoms with Crippen LogP contribution in [0.15, 0.2) is 48.5 Å². The number of hydrogen-bond acceptors (Lipinski definition) is 5. The summed E-state index contributed by atoms with van der Waals surface area (Å²) in [4.78, 5) is 35.1. The second-order valence-corrected chi connectivity index (χ2v) is 5.58. The molecule has 0 radical (unpaired) electrons. The molecular formula is C18H17ClN2O5. The molecule has 7 nitrogen and oxygen atoms in total. The van der Waals surface area contributed by atoms with E-state index in [1.54, 1.807) is 42.5 Å². The Morgan fingerprint density at radius 3 is 2.46 bits per heavy atom. The number of benzene rings is 2. The summed E-state index contributed by atoms with van der Waals surface area (Å²) in [7, 11) is 1.27. The highest BCUT2D eigenvalue weighted by Gasteiger charge is 2.09. The third-order valence-corrected chi connectivity index (χ3v) is 3.45. The summed E-state index contributed by atoms with van der Waals surface area (Å²) in [5.41, 5.74) is 0.732. The molecule has 2 amide bonds. The molecule has 0 saturated heterocycles. The molecule has 0 fully saturated rings. The van der Waals surface area contributed by atoms with Crippen LogP contribution in [-0.2, 0) is 14.3 Å². The Morgan fingerprint density at radius 2 is 1.77 bits per heavy atom. The van der Waals surface area contributed by atoms with Gasteiger partial charge in [-0.15, -0.1) is 0 Å². The number of anilines is 1. The van der Waals surface area contributed by atoms with E-state index < -0.39 is 17.8 Å². The van der Waals surface area contributed by atoms with Gasteiger partial charge in [0.05, 0.1) is 19.2 Å². The molecule has 0 heterocycles. The summed E-state index contributed by atoms with van der Waals surface area (Å²) in [6, 6.07) is 12.8. The molecule has 8 heteroatoms. The van der Waals surface area contributed by atoms with Gasteiger partial charge in [0, 0.05) is 10.7 Å². The van der Waals surface area contributed by atoms with Gasteiger partial charge in [-0.3, -0.25) is 9.59 Å². The lowest BCUT2D eigenvalue weighted by Gasteiger charge is -2.09. The number of rotatable bonds is 7. The van der Waals surface area contributed by atoms with E-state index >= 15 is 0 Å². The molecular weight excluding hydrogens is 360 g/mol. The maximum atomic E-state index is 11.9. The number of methoxy groups -OCH3 is 1. The fourth-order valence-electron chi connectivity index (χ4n) is 1.96. The van der Waals surface area contributed by atoms with Gasteiger partial charge in [0.1, 0.15) is 5.75 Å². The Morgan fingerprint density at radius 1 is 1.04 bits per heavy atom. The van der Waals surface area contributed by atoms with Crippen LogP contribution < -0.4 is 15.4 Å². The van der Waals surface area contributed by atoms with Crippen molar-refractivity contribution in [1.82, 2.24) is 5.32 Å². The highest BCUT2D eigenvalue weighted by atomic mass is 35.5. The molecule has 0 unspecified atom stereocenters. The van der Waals surface area contributed by atoms with Gasteiger partial charge in [-0.25, -0.2) is 4.79 Å². The Bertz CT molecular complexity index is 792. The van der Waals surface area contributed by atoms with E-state index in [2.05, 4.69) is 15.4 Å². The normalized spacial score (nSPS) is 9.92. The zero-order valence-electron chi connectivity index (χ0n) is 14.0. The Kier molecular flexibility index (Phi) is 6.99. The molecule has 2 rings (SSSR count). The predicted octanol–water partition coefficient (Wildman–Crippen LogP) is 2.26. The van der Waals surface area contributed by atoms with E-state index in [1.165, 1.54) is 13.2 Å². The Labute approximate surface area is 155 Å². The lowest BCUT2D eigenvalue weighted by atomic mass is 10.2. The molecule has 0 atom stereocenters. The Balaban J connectivity index is 1.76. The van der Waals surface area contributed by atoms with Gasteiger partial charge in [-0.05, 0) is 42.5 Å². The van der Waals surface area contributed by atoms with E-state index in [9.17, 15) is 14.4 Å². The molecule has 0 aliphatic rings. The smallest absolute Gasteiger partial charge is 0.337 e. The third-order valence-electron chi connectivity index (χ3n) is 3.20. The Hall–Kier alpha value is -3.06. The van der Waals surface area contributed by atoms with Crippen molar-refractivity contribution in [3.63, 3.8) is 0 Å². The van der Waals surface area contributed by atoms with E-state index in [0.717, 1.165) is 0 Å². The van der Waals surface area contributed by atoms with Crippen molar-refractivity contribution >= 4 is 35.1 Å². The van der Waals surface area contributed by atoms with Crippen molar-refractivity contribution in [2.75, 3.05) is 25.6 Å². The van der Waals surface area contributed by atoms with Crippen molar-refractivity contribution in [3.8, 4) is 5.75 Å². The minimum atomic E-state index is -0.506. The topological polar surface area (TPSA) is 93.7 Å². The number of ether oxygens (including phenoxy) is 2. The molecule has 0 spiro atoms. The van der Waals surface area contributed by atoms with Crippen molar-refractivity contribution in [3.05, 3.63) is 59.1 Å². The third kappa shape index (κ3) is 6.10. The van der Waals surface area contributed by atoms with Crippen LogP contribution >= 0.6 is 11.6 Å². The zero-order chi connectivity index (χ0) is 18.9. The van der Waals surface area contributed by atoms with Crippen LogP contribution in [0.25, 0.3) is 0 Å². The first kappa shape index (κ1) is 19.3.